The van der Waals surface area contributed by atoms with E-state index in [2.05, 4.69) is 10.3 Å². The van der Waals surface area contributed by atoms with Gasteiger partial charge in [0.15, 0.2) is 6.10 Å². The van der Waals surface area contributed by atoms with Gasteiger partial charge in [-0.05, 0) is 62.6 Å². The highest BCUT2D eigenvalue weighted by molar-refractivity contribution is 5.99. The zero-order valence-electron chi connectivity index (χ0n) is 17.2. The maximum Gasteiger partial charge on any atom is 0.338 e. The number of nitrogens with zero attached hydrogens (tertiary/aromatic N) is 2. The van der Waals surface area contributed by atoms with E-state index in [1.54, 1.807) is 16.7 Å². The van der Waals surface area contributed by atoms with E-state index in [1.165, 1.54) is 13.0 Å². The van der Waals surface area contributed by atoms with Gasteiger partial charge in [-0.15, -0.1) is 0 Å². The Morgan fingerprint density at radius 1 is 1.17 bits per heavy atom. The number of ether oxygens (including phenoxy) is 1. The van der Waals surface area contributed by atoms with Crippen molar-refractivity contribution in [2.24, 2.45) is 0 Å². The van der Waals surface area contributed by atoms with E-state index in [0.29, 0.717) is 23.1 Å². The SMILES string of the molecule is Cc1ccc(C)c(NC(=O)[C@H](C)OC(=O)c2ccc3c(=O)n4c(nc3c2)CCC4)c1. The Labute approximate surface area is 173 Å². The third kappa shape index (κ3) is 3.70. The van der Waals surface area contributed by atoms with E-state index in [0.717, 1.165) is 29.8 Å². The van der Waals surface area contributed by atoms with E-state index in [4.69, 9.17) is 4.74 Å². The molecule has 2 aromatic carbocycles. The summed E-state index contributed by atoms with van der Waals surface area (Å²) < 4.78 is 7.03. The molecule has 0 unspecified atom stereocenters. The number of nitrogens with one attached hydrogen (secondary N) is 1. The number of anilines is 1. The smallest absolute Gasteiger partial charge is 0.338 e. The van der Waals surface area contributed by atoms with Crippen LogP contribution in [0.25, 0.3) is 10.9 Å². The molecule has 1 atom stereocenters. The predicted molar refractivity (Wildman–Crippen MR) is 114 cm³/mol. The largest absolute Gasteiger partial charge is 0.449 e. The quantitative estimate of drug-likeness (QED) is 0.674. The molecule has 1 amide bonds. The molecule has 2 heterocycles. The van der Waals surface area contributed by atoms with Gasteiger partial charge in [-0.2, -0.15) is 0 Å². The minimum atomic E-state index is -0.980. The summed E-state index contributed by atoms with van der Waals surface area (Å²) in [6.07, 6.45) is 0.655. The normalized spacial score (nSPS) is 13.7. The molecule has 0 spiro atoms. The van der Waals surface area contributed by atoms with Gasteiger partial charge in [-0.25, -0.2) is 9.78 Å². The Hall–Kier alpha value is -3.48. The van der Waals surface area contributed by atoms with E-state index in [1.807, 2.05) is 32.0 Å². The van der Waals surface area contributed by atoms with E-state index in [-0.39, 0.29) is 11.1 Å². The van der Waals surface area contributed by atoms with E-state index < -0.39 is 18.0 Å². The van der Waals surface area contributed by atoms with Crippen LogP contribution in [0.4, 0.5) is 5.69 Å². The number of hydrogen-bond acceptors (Lipinski definition) is 5. The van der Waals surface area contributed by atoms with E-state index in [9.17, 15) is 14.4 Å². The molecule has 0 aliphatic carbocycles. The van der Waals surface area contributed by atoms with Crippen molar-refractivity contribution in [1.29, 1.82) is 0 Å². The number of carbonyl (C=O) groups excluding carboxylic acids is 2. The molecule has 1 N–H and O–H groups in total. The highest BCUT2D eigenvalue weighted by Crippen LogP contribution is 2.19. The van der Waals surface area contributed by atoms with Crippen LogP contribution in [-0.2, 0) is 22.5 Å². The van der Waals surface area contributed by atoms with Crippen LogP contribution in [0.15, 0.2) is 41.2 Å². The molecule has 4 rings (SSSR count). The summed E-state index contributed by atoms with van der Waals surface area (Å²) in [4.78, 5) is 42.1. The van der Waals surface area contributed by atoms with Crippen LogP contribution in [0.5, 0.6) is 0 Å². The molecular weight excluding hydrogens is 382 g/mol. The van der Waals surface area contributed by atoms with Crippen molar-refractivity contribution in [3.8, 4) is 0 Å². The minimum absolute atomic E-state index is 0.0892. The molecule has 7 nitrogen and oxygen atoms in total. The number of amides is 1. The zero-order chi connectivity index (χ0) is 21.4. The molecule has 0 saturated heterocycles. The van der Waals surface area contributed by atoms with Gasteiger partial charge in [0.25, 0.3) is 11.5 Å². The van der Waals surface area contributed by atoms with Crippen molar-refractivity contribution in [3.05, 3.63) is 69.3 Å². The lowest BCUT2D eigenvalue weighted by Gasteiger charge is -2.15. The Kier molecular flexibility index (Phi) is 5.11. The monoisotopic (exact) mass is 405 g/mol. The van der Waals surface area contributed by atoms with Crippen LogP contribution in [0, 0.1) is 13.8 Å². The van der Waals surface area contributed by atoms with Crippen LogP contribution in [0.1, 0.15) is 40.7 Å². The Morgan fingerprint density at radius 2 is 1.97 bits per heavy atom. The molecular formula is C23H23N3O4. The second kappa shape index (κ2) is 7.74. The molecule has 7 heteroatoms. The average Bonchev–Trinajstić information content (AvgIpc) is 3.19. The lowest BCUT2D eigenvalue weighted by Crippen LogP contribution is -2.30. The number of hydrogen-bond donors (Lipinski definition) is 1. The van der Waals surface area contributed by atoms with Crippen molar-refractivity contribution in [1.82, 2.24) is 9.55 Å². The fraction of sp³-hybridized carbons (Fsp3) is 0.304. The van der Waals surface area contributed by atoms with Crippen molar-refractivity contribution in [2.75, 3.05) is 5.32 Å². The third-order valence-electron chi connectivity index (χ3n) is 5.36. The summed E-state index contributed by atoms with van der Waals surface area (Å²) in [5, 5.41) is 3.27. The maximum absolute atomic E-state index is 12.6. The van der Waals surface area contributed by atoms with Crippen molar-refractivity contribution in [3.63, 3.8) is 0 Å². The summed E-state index contributed by atoms with van der Waals surface area (Å²) in [5.41, 5.74) is 3.26. The van der Waals surface area contributed by atoms with Crippen LogP contribution in [0.3, 0.4) is 0 Å². The number of carbonyl (C=O) groups is 2. The molecule has 154 valence electrons. The average molecular weight is 405 g/mol. The van der Waals surface area contributed by atoms with Crippen molar-refractivity contribution < 1.29 is 14.3 Å². The second-order valence-corrected chi connectivity index (χ2v) is 7.68. The molecule has 30 heavy (non-hydrogen) atoms. The first kappa shape index (κ1) is 19.8. The Morgan fingerprint density at radius 3 is 2.77 bits per heavy atom. The molecule has 3 aromatic rings. The zero-order valence-corrected chi connectivity index (χ0v) is 17.2. The van der Waals surface area contributed by atoms with Gasteiger partial charge < -0.3 is 10.1 Å². The second-order valence-electron chi connectivity index (χ2n) is 7.68. The molecule has 1 aliphatic heterocycles. The van der Waals surface area contributed by atoms with Crippen LogP contribution < -0.4 is 10.9 Å². The van der Waals surface area contributed by atoms with Gasteiger partial charge in [-0.1, -0.05) is 12.1 Å². The number of benzene rings is 2. The van der Waals surface area contributed by atoms with Crippen molar-refractivity contribution in [2.45, 2.75) is 46.3 Å². The number of esters is 1. The molecule has 1 aromatic heterocycles. The topological polar surface area (TPSA) is 90.3 Å². The molecule has 0 radical (unpaired) electrons. The number of aryl methyl sites for hydroxylation is 3. The van der Waals surface area contributed by atoms with Gasteiger partial charge in [0.1, 0.15) is 5.82 Å². The van der Waals surface area contributed by atoms with Crippen molar-refractivity contribution >= 4 is 28.5 Å². The van der Waals surface area contributed by atoms with Gasteiger partial charge in [0.05, 0.1) is 16.5 Å². The highest BCUT2D eigenvalue weighted by atomic mass is 16.5. The lowest BCUT2D eigenvalue weighted by molar-refractivity contribution is -0.123. The van der Waals surface area contributed by atoms with Gasteiger partial charge in [0, 0.05) is 18.7 Å². The first-order chi connectivity index (χ1) is 14.3. The van der Waals surface area contributed by atoms with E-state index >= 15 is 0 Å². The number of aromatic nitrogens is 2. The first-order valence-corrected chi connectivity index (χ1v) is 9.96. The predicted octanol–water partition coefficient (Wildman–Crippen LogP) is 3.14. The molecule has 0 bridgehead atoms. The highest BCUT2D eigenvalue weighted by Gasteiger charge is 2.21. The summed E-state index contributed by atoms with van der Waals surface area (Å²) in [7, 11) is 0. The maximum atomic E-state index is 12.6. The first-order valence-electron chi connectivity index (χ1n) is 9.96. The van der Waals surface area contributed by atoms with Crippen LogP contribution >= 0.6 is 0 Å². The summed E-state index contributed by atoms with van der Waals surface area (Å²) in [6, 6.07) is 10.4. The summed E-state index contributed by atoms with van der Waals surface area (Å²) in [6.45, 7) is 6.03. The standard InChI is InChI=1S/C23H23N3O4/c1-13-6-7-14(2)18(11-13)25-21(27)15(3)30-23(29)16-8-9-17-19(12-16)24-20-5-4-10-26(20)22(17)28/h6-9,11-12,15H,4-5,10H2,1-3H3,(H,25,27)/t15-/m0/s1. The number of fused-ring (bicyclic) bond motifs is 2. The molecule has 0 saturated carbocycles. The van der Waals surface area contributed by atoms with Gasteiger partial charge in [-0.3, -0.25) is 14.2 Å². The van der Waals surface area contributed by atoms with Gasteiger partial charge in [0.2, 0.25) is 0 Å². The van der Waals surface area contributed by atoms with Crippen LogP contribution in [0.2, 0.25) is 0 Å². The number of rotatable bonds is 4. The summed E-state index contributed by atoms with van der Waals surface area (Å²) >= 11 is 0. The molecule has 0 fully saturated rings. The third-order valence-corrected chi connectivity index (χ3v) is 5.36. The van der Waals surface area contributed by atoms with Crippen LogP contribution in [-0.4, -0.2) is 27.5 Å². The Bertz CT molecular complexity index is 1230. The summed E-state index contributed by atoms with van der Waals surface area (Å²) in [5.74, 6) is -0.311. The fourth-order valence-corrected chi connectivity index (χ4v) is 3.60. The minimum Gasteiger partial charge on any atom is -0.449 e. The molecule has 1 aliphatic rings. The Balaban J connectivity index is 1.51. The lowest BCUT2D eigenvalue weighted by atomic mass is 10.1. The fourth-order valence-electron chi connectivity index (χ4n) is 3.60. The van der Waals surface area contributed by atoms with Gasteiger partial charge >= 0.3 is 5.97 Å².